The molecule has 1 saturated heterocycles. The highest BCUT2D eigenvalue weighted by atomic mass is 16.5. The first kappa shape index (κ1) is 22.0. The van der Waals surface area contributed by atoms with Crippen LogP contribution in [0.4, 0.5) is 5.82 Å². The van der Waals surface area contributed by atoms with Gasteiger partial charge in [-0.2, -0.15) is 0 Å². The van der Waals surface area contributed by atoms with Crippen molar-refractivity contribution in [1.29, 1.82) is 0 Å². The van der Waals surface area contributed by atoms with Crippen LogP contribution in [0.15, 0.2) is 24.8 Å². The highest BCUT2D eigenvalue weighted by molar-refractivity contribution is 5.81. The molecule has 2 atom stereocenters. The minimum absolute atomic E-state index is 0.0632. The lowest BCUT2D eigenvalue weighted by atomic mass is 10.2. The van der Waals surface area contributed by atoms with Crippen LogP contribution in [-0.2, 0) is 4.74 Å². The lowest BCUT2D eigenvalue weighted by molar-refractivity contribution is -0.127. The summed E-state index contributed by atoms with van der Waals surface area (Å²) in [6.07, 6.45) is 8.97. The molecule has 2 aromatic heterocycles. The fraction of sp³-hybridized carbons (Fsp3) is 0.588. The molecule has 6 N–H and O–H groups in total. The molecule has 0 saturated carbocycles. The first-order valence-electron chi connectivity index (χ1n) is 8.69. The number of nitrogens with two attached hydrogens (primary N) is 2. The summed E-state index contributed by atoms with van der Waals surface area (Å²) in [4.78, 5) is 12.4. The van der Waals surface area contributed by atoms with Gasteiger partial charge in [-0.1, -0.05) is 26.0 Å². The fourth-order valence-corrected chi connectivity index (χ4v) is 2.30. The van der Waals surface area contributed by atoms with Crippen LogP contribution in [0.2, 0.25) is 0 Å². The van der Waals surface area contributed by atoms with Crippen LogP contribution in [0.25, 0.3) is 11.2 Å². The van der Waals surface area contributed by atoms with E-state index in [0.29, 0.717) is 23.5 Å². The van der Waals surface area contributed by atoms with Gasteiger partial charge in [0.25, 0.3) is 0 Å². The van der Waals surface area contributed by atoms with Gasteiger partial charge in [-0.05, 0) is 26.7 Å². The average molecular weight is 366 g/mol. The van der Waals surface area contributed by atoms with E-state index in [1.165, 1.54) is 20.2 Å². The standard InChI is InChI=1S/C12H16N6O.C3H8O2.C2H6/c13-5-1-2-8-3-4-9(19-8)18-7-17-10-11(14)15-6-16-12(10)18;1-3(2,4)5;1-2/h1-2,6-9H,3-5,13H2,(H2,14,15,16);4-5H,1-2H3;1-2H3/b2-1+;;. The number of aliphatic hydroxyl groups is 2. The second-order valence-electron chi connectivity index (χ2n) is 5.95. The Morgan fingerprint density at radius 1 is 1.27 bits per heavy atom. The molecule has 0 bridgehead atoms. The summed E-state index contributed by atoms with van der Waals surface area (Å²) in [5.41, 5.74) is 12.5. The number of ether oxygens (including phenoxy) is 1. The zero-order valence-electron chi connectivity index (χ0n) is 15.8. The molecule has 9 heteroatoms. The van der Waals surface area contributed by atoms with Gasteiger partial charge in [-0.3, -0.25) is 4.57 Å². The fourth-order valence-electron chi connectivity index (χ4n) is 2.30. The van der Waals surface area contributed by atoms with Crippen molar-refractivity contribution in [1.82, 2.24) is 19.5 Å². The molecule has 146 valence electrons. The average Bonchev–Trinajstić information content (AvgIpc) is 3.20. The number of nitrogens with zero attached hydrogens (tertiary/aromatic N) is 4. The van der Waals surface area contributed by atoms with Crippen molar-refractivity contribution in [2.75, 3.05) is 12.3 Å². The van der Waals surface area contributed by atoms with Crippen LogP contribution in [0, 0.1) is 0 Å². The normalized spacial score (nSPS) is 19.8. The summed E-state index contributed by atoms with van der Waals surface area (Å²) in [6.45, 7) is 7.13. The van der Waals surface area contributed by atoms with Gasteiger partial charge in [-0.25, -0.2) is 15.0 Å². The minimum Gasteiger partial charge on any atom is -0.382 e. The molecule has 26 heavy (non-hydrogen) atoms. The molecular formula is C17H30N6O3. The molecule has 0 spiro atoms. The van der Waals surface area contributed by atoms with Crippen molar-refractivity contribution in [2.45, 2.75) is 58.7 Å². The number of aromatic nitrogens is 4. The zero-order valence-corrected chi connectivity index (χ0v) is 15.8. The summed E-state index contributed by atoms with van der Waals surface area (Å²) < 4.78 is 7.84. The summed E-state index contributed by atoms with van der Waals surface area (Å²) in [6, 6.07) is 0. The van der Waals surface area contributed by atoms with Crippen LogP contribution >= 0.6 is 0 Å². The van der Waals surface area contributed by atoms with Gasteiger partial charge in [-0.15, -0.1) is 0 Å². The maximum atomic E-state index is 8.08. The van der Waals surface area contributed by atoms with Crippen LogP contribution in [-0.4, -0.2) is 48.2 Å². The number of rotatable bonds is 3. The molecular weight excluding hydrogens is 336 g/mol. The number of nitrogen functional groups attached to an aromatic ring is 1. The van der Waals surface area contributed by atoms with Crippen molar-refractivity contribution in [3.63, 3.8) is 0 Å². The predicted octanol–water partition coefficient (Wildman–Crippen LogP) is 1.33. The second kappa shape index (κ2) is 10.2. The number of fused-ring (bicyclic) bond motifs is 1. The van der Waals surface area contributed by atoms with Gasteiger partial charge < -0.3 is 26.4 Å². The summed E-state index contributed by atoms with van der Waals surface area (Å²) in [5, 5.41) is 16.2. The number of hydrogen-bond acceptors (Lipinski definition) is 8. The topological polar surface area (TPSA) is 145 Å². The molecule has 3 heterocycles. The Hall–Kier alpha value is -2.07. The Labute approximate surface area is 153 Å². The van der Waals surface area contributed by atoms with E-state index in [9.17, 15) is 0 Å². The molecule has 0 aliphatic carbocycles. The van der Waals surface area contributed by atoms with Crippen LogP contribution in [0.1, 0.15) is 46.8 Å². The Kier molecular flexibility index (Phi) is 8.59. The molecule has 2 unspecified atom stereocenters. The Morgan fingerprint density at radius 2 is 1.92 bits per heavy atom. The van der Waals surface area contributed by atoms with E-state index in [-0.39, 0.29) is 12.3 Å². The van der Waals surface area contributed by atoms with Crippen molar-refractivity contribution in [3.8, 4) is 0 Å². The lowest BCUT2D eigenvalue weighted by Gasteiger charge is -2.13. The largest absolute Gasteiger partial charge is 0.382 e. The van der Waals surface area contributed by atoms with Crippen molar-refractivity contribution < 1.29 is 14.9 Å². The third-order valence-electron chi connectivity index (χ3n) is 3.21. The number of imidazole rings is 1. The second-order valence-corrected chi connectivity index (χ2v) is 5.95. The van der Waals surface area contributed by atoms with Crippen molar-refractivity contribution in [3.05, 3.63) is 24.8 Å². The van der Waals surface area contributed by atoms with E-state index in [2.05, 4.69) is 15.0 Å². The smallest absolute Gasteiger partial charge is 0.167 e. The molecule has 1 fully saturated rings. The molecule has 1 aliphatic rings. The quantitative estimate of drug-likeness (QED) is 0.470. The molecule has 9 nitrogen and oxygen atoms in total. The highest BCUT2D eigenvalue weighted by Crippen LogP contribution is 2.31. The van der Waals surface area contributed by atoms with Gasteiger partial charge in [0.1, 0.15) is 18.1 Å². The monoisotopic (exact) mass is 366 g/mol. The third kappa shape index (κ3) is 6.68. The summed E-state index contributed by atoms with van der Waals surface area (Å²) in [5.74, 6) is -1.11. The molecule has 1 aliphatic heterocycles. The van der Waals surface area contributed by atoms with Gasteiger partial charge >= 0.3 is 0 Å². The highest BCUT2D eigenvalue weighted by Gasteiger charge is 2.26. The molecule has 0 aromatic carbocycles. The van der Waals surface area contributed by atoms with Crippen molar-refractivity contribution >= 4 is 17.0 Å². The van der Waals surface area contributed by atoms with E-state index in [0.717, 1.165) is 12.8 Å². The molecule has 2 aromatic rings. The van der Waals surface area contributed by atoms with Crippen molar-refractivity contribution in [2.24, 2.45) is 5.73 Å². The summed E-state index contributed by atoms with van der Waals surface area (Å²) in [7, 11) is 0. The van der Waals surface area contributed by atoms with E-state index in [4.69, 9.17) is 26.4 Å². The van der Waals surface area contributed by atoms with E-state index >= 15 is 0 Å². The van der Waals surface area contributed by atoms with Crippen LogP contribution in [0.5, 0.6) is 0 Å². The zero-order chi connectivity index (χ0) is 19.7. The van der Waals surface area contributed by atoms with Gasteiger partial charge in [0.2, 0.25) is 0 Å². The number of hydrogen-bond donors (Lipinski definition) is 4. The first-order chi connectivity index (χ1) is 12.3. The Balaban J connectivity index is 0.000000420. The lowest BCUT2D eigenvalue weighted by Crippen LogP contribution is -2.15. The third-order valence-corrected chi connectivity index (χ3v) is 3.21. The Morgan fingerprint density at radius 3 is 2.54 bits per heavy atom. The number of anilines is 1. The molecule has 3 rings (SSSR count). The van der Waals surface area contributed by atoms with Crippen LogP contribution < -0.4 is 11.5 Å². The Bertz CT molecular complexity index is 689. The van der Waals surface area contributed by atoms with Gasteiger partial charge in [0.15, 0.2) is 17.3 Å². The summed E-state index contributed by atoms with van der Waals surface area (Å²) >= 11 is 0. The first-order valence-corrected chi connectivity index (χ1v) is 8.69. The SMILES string of the molecule is CC.CC(C)(O)O.NC/C=C/C1CCC(n2cnc3c(N)ncnc32)O1. The van der Waals surface area contributed by atoms with E-state index < -0.39 is 5.79 Å². The minimum atomic E-state index is -1.50. The maximum Gasteiger partial charge on any atom is 0.167 e. The maximum absolute atomic E-state index is 8.08. The van der Waals surface area contributed by atoms with Gasteiger partial charge in [0.05, 0.1) is 12.4 Å². The van der Waals surface area contributed by atoms with E-state index in [1.807, 2.05) is 30.6 Å². The van der Waals surface area contributed by atoms with E-state index in [1.54, 1.807) is 6.33 Å². The molecule has 0 amide bonds. The molecule has 0 radical (unpaired) electrons. The van der Waals surface area contributed by atoms with Crippen LogP contribution in [0.3, 0.4) is 0 Å². The predicted molar refractivity (Wildman–Crippen MR) is 101 cm³/mol. The van der Waals surface area contributed by atoms with Gasteiger partial charge in [0, 0.05) is 6.54 Å².